The van der Waals surface area contributed by atoms with Crippen LogP contribution in [-0.2, 0) is 0 Å². The predicted molar refractivity (Wildman–Crippen MR) is 194 cm³/mol. The van der Waals surface area contributed by atoms with Gasteiger partial charge in [0, 0.05) is 37.4 Å². The van der Waals surface area contributed by atoms with E-state index in [4.69, 9.17) is 14.4 Å². The van der Waals surface area contributed by atoms with Gasteiger partial charge in [0.25, 0.3) is 0 Å². The van der Waals surface area contributed by atoms with Gasteiger partial charge in [0.15, 0.2) is 5.82 Å². The van der Waals surface area contributed by atoms with Gasteiger partial charge in [0.1, 0.15) is 11.2 Å². The third-order valence-electron chi connectivity index (χ3n) is 9.07. The first kappa shape index (κ1) is 25.5. The van der Waals surface area contributed by atoms with Gasteiger partial charge in [-0.05, 0) is 57.6 Å². The Kier molecular flexibility index (Phi) is 5.45. The zero-order valence-electron chi connectivity index (χ0n) is 24.6. The van der Waals surface area contributed by atoms with E-state index in [0.717, 1.165) is 76.5 Å². The Hall–Kier alpha value is -5.84. The van der Waals surface area contributed by atoms with E-state index in [1.165, 1.54) is 21.0 Å². The molecule has 0 unspecified atom stereocenters. The van der Waals surface area contributed by atoms with E-state index in [9.17, 15) is 0 Å². The predicted octanol–water partition coefficient (Wildman–Crippen LogP) is 12.1. The Balaban J connectivity index is 1.23. The van der Waals surface area contributed by atoms with Crippen molar-refractivity contribution in [2.45, 2.75) is 0 Å². The molecule has 7 aromatic carbocycles. The standard InChI is InChI=1S/C42H24N2OS/c1-2-11-26(12-3-1)38-41-39(33-16-8-9-17-37(33)46-41)44-42(43-38)35-24-34-31-21-20-29(28-19-18-25-10-4-5-13-27(25)22-28)23-36(31)45-40(34)32-15-7-6-14-30(32)35/h1-24H. The van der Waals surface area contributed by atoms with Crippen LogP contribution in [-0.4, -0.2) is 9.97 Å². The monoisotopic (exact) mass is 604 g/mol. The molecule has 0 aliphatic heterocycles. The highest BCUT2D eigenvalue weighted by Crippen LogP contribution is 2.43. The van der Waals surface area contributed by atoms with Gasteiger partial charge in [-0.25, -0.2) is 9.97 Å². The molecular formula is C42H24N2OS. The van der Waals surface area contributed by atoms with Crippen molar-refractivity contribution in [2.24, 2.45) is 0 Å². The minimum atomic E-state index is 0.718. The van der Waals surface area contributed by atoms with Crippen LogP contribution in [0.4, 0.5) is 0 Å². The lowest BCUT2D eigenvalue weighted by Gasteiger charge is -2.10. The highest BCUT2D eigenvalue weighted by atomic mass is 32.1. The minimum absolute atomic E-state index is 0.718. The lowest BCUT2D eigenvalue weighted by atomic mass is 9.98. The van der Waals surface area contributed by atoms with Crippen molar-refractivity contribution >= 4 is 75.1 Å². The average Bonchev–Trinajstić information content (AvgIpc) is 3.69. The summed E-state index contributed by atoms with van der Waals surface area (Å²) in [6, 6.07) is 51.3. The normalized spacial score (nSPS) is 11.9. The molecule has 4 heteroatoms. The Morgan fingerprint density at radius 1 is 0.478 bits per heavy atom. The van der Waals surface area contributed by atoms with Crippen molar-refractivity contribution in [3.8, 4) is 33.8 Å². The molecule has 0 bridgehead atoms. The molecule has 3 aromatic heterocycles. The summed E-state index contributed by atoms with van der Waals surface area (Å²) in [7, 11) is 0. The van der Waals surface area contributed by atoms with Gasteiger partial charge < -0.3 is 4.42 Å². The van der Waals surface area contributed by atoms with Crippen molar-refractivity contribution in [1.82, 2.24) is 9.97 Å². The molecule has 0 radical (unpaired) electrons. The molecule has 0 atom stereocenters. The minimum Gasteiger partial charge on any atom is -0.455 e. The third-order valence-corrected chi connectivity index (χ3v) is 10.2. The molecule has 0 saturated carbocycles. The molecular weight excluding hydrogens is 581 g/mol. The Morgan fingerprint density at radius 3 is 2.09 bits per heavy atom. The van der Waals surface area contributed by atoms with Gasteiger partial charge >= 0.3 is 0 Å². The Morgan fingerprint density at radius 2 is 1.20 bits per heavy atom. The fourth-order valence-electron chi connectivity index (χ4n) is 6.83. The number of benzene rings is 7. The number of aromatic nitrogens is 2. The molecule has 3 heterocycles. The molecule has 0 N–H and O–H groups in total. The summed E-state index contributed by atoms with van der Waals surface area (Å²) in [5.74, 6) is 0.718. The van der Waals surface area contributed by atoms with Gasteiger partial charge in [-0.2, -0.15) is 0 Å². The number of fused-ring (bicyclic) bond motifs is 9. The average molecular weight is 605 g/mol. The van der Waals surface area contributed by atoms with Crippen LogP contribution >= 0.6 is 11.3 Å². The second-order valence-corrected chi connectivity index (χ2v) is 12.8. The van der Waals surface area contributed by atoms with Crippen molar-refractivity contribution in [1.29, 1.82) is 0 Å². The summed E-state index contributed by atoms with van der Waals surface area (Å²) in [5.41, 5.74) is 8.09. The molecule has 3 nitrogen and oxygen atoms in total. The molecule has 10 aromatic rings. The zero-order valence-corrected chi connectivity index (χ0v) is 25.4. The van der Waals surface area contributed by atoms with Gasteiger partial charge in [0.2, 0.25) is 0 Å². The van der Waals surface area contributed by atoms with Crippen molar-refractivity contribution in [3.05, 3.63) is 146 Å². The zero-order chi connectivity index (χ0) is 30.2. The second-order valence-electron chi connectivity index (χ2n) is 11.8. The lowest BCUT2D eigenvalue weighted by molar-refractivity contribution is 0.673. The highest BCUT2D eigenvalue weighted by molar-refractivity contribution is 7.26. The van der Waals surface area contributed by atoms with Crippen LogP contribution in [0, 0.1) is 0 Å². The molecule has 46 heavy (non-hydrogen) atoms. The summed E-state index contributed by atoms with van der Waals surface area (Å²) < 4.78 is 9.00. The fraction of sp³-hybridized carbons (Fsp3) is 0. The number of nitrogens with zero attached hydrogens (tertiary/aromatic N) is 2. The van der Waals surface area contributed by atoms with Crippen LogP contribution in [0.25, 0.3) is 97.6 Å². The first-order chi connectivity index (χ1) is 22.8. The van der Waals surface area contributed by atoms with Crippen LogP contribution < -0.4 is 0 Å². The maximum Gasteiger partial charge on any atom is 0.161 e. The number of hydrogen-bond acceptors (Lipinski definition) is 4. The van der Waals surface area contributed by atoms with Crippen LogP contribution in [0.5, 0.6) is 0 Å². The first-order valence-electron chi connectivity index (χ1n) is 15.4. The number of thiophene rings is 1. The molecule has 0 aliphatic carbocycles. The smallest absolute Gasteiger partial charge is 0.161 e. The summed E-state index contributed by atoms with van der Waals surface area (Å²) in [6.45, 7) is 0. The summed E-state index contributed by atoms with van der Waals surface area (Å²) in [5, 5.41) is 7.89. The van der Waals surface area contributed by atoms with Crippen molar-refractivity contribution < 1.29 is 4.42 Å². The molecule has 0 amide bonds. The van der Waals surface area contributed by atoms with Gasteiger partial charge in [-0.1, -0.05) is 115 Å². The van der Waals surface area contributed by atoms with E-state index in [0.29, 0.717) is 0 Å². The molecule has 10 rings (SSSR count). The van der Waals surface area contributed by atoms with E-state index in [2.05, 4.69) is 140 Å². The molecule has 0 saturated heterocycles. The number of furan rings is 1. The summed E-state index contributed by atoms with van der Waals surface area (Å²) in [4.78, 5) is 10.6. The fourth-order valence-corrected chi connectivity index (χ4v) is 7.99. The summed E-state index contributed by atoms with van der Waals surface area (Å²) in [6.07, 6.45) is 0. The molecule has 214 valence electrons. The topological polar surface area (TPSA) is 38.9 Å². The van der Waals surface area contributed by atoms with E-state index in [1.54, 1.807) is 11.3 Å². The maximum atomic E-state index is 6.68. The van der Waals surface area contributed by atoms with Crippen LogP contribution in [0.1, 0.15) is 0 Å². The number of hydrogen-bond donors (Lipinski definition) is 0. The van der Waals surface area contributed by atoms with Crippen LogP contribution in [0.2, 0.25) is 0 Å². The van der Waals surface area contributed by atoms with Crippen molar-refractivity contribution in [2.75, 3.05) is 0 Å². The Bertz CT molecular complexity index is 2810. The lowest BCUT2D eigenvalue weighted by Crippen LogP contribution is -1.94. The van der Waals surface area contributed by atoms with E-state index in [1.807, 2.05) is 6.07 Å². The highest BCUT2D eigenvalue weighted by Gasteiger charge is 2.20. The van der Waals surface area contributed by atoms with E-state index in [-0.39, 0.29) is 0 Å². The SMILES string of the molecule is c1ccc(-c2nc(-c3cc4c5ccc(-c6ccc7ccccc7c6)cc5oc4c4ccccc34)nc3c2sc2ccccc23)cc1. The van der Waals surface area contributed by atoms with E-state index < -0.39 is 0 Å². The maximum absolute atomic E-state index is 6.68. The van der Waals surface area contributed by atoms with Crippen LogP contribution in [0.15, 0.2) is 150 Å². The van der Waals surface area contributed by atoms with E-state index >= 15 is 0 Å². The largest absolute Gasteiger partial charge is 0.455 e. The molecule has 0 aliphatic rings. The Labute approximate surface area is 268 Å². The molecule has 0 fully saturated rings. The quantitative estimate of drug-likeness (QED) is 0.201. The third kappa shape index (κ3) is 3.84. The van der Waals surface area contributed by atoms with Crippen LogP contribution in [0.3, 0.4) is 0 Å². The van der Waals surface area contributed by atoms with Gasteiger partial charge in [0.05, 0.1) is 15.9 Å². The van der Waals surface area contributed by atoms with Crippen molar-refractivity contribution in [3.63, 3.8) is 0 Å². The number of rotatable bonds is 3. The second kappa shape index (κ2) is 9.83. The van der Waals surface area contributed by atoms with Gasteiger partial charge in [-0.15, -0.1) is 11.3 Å². The van der Waals surface area contributed by atoms with Gasteiger partial charge in [-0.3, -0.25) is 0 Å². The summed E-state index contributed by atoms with van der Waals surface area (Å²) >= 11 is 1.76. The molecule has 0 spiro atoms. The first-order valence-corrected chi connectivity index (χ1v) is 16.2.